The number of hydrogen-bond acceptors (Lipinski definition) is 4. The van der Waals surface area contributed by atoms with Gasteiger partial charge in [0.1, 0.15) is 6.10 Å². The van der Waals surface area contributed by atoms with Gasteiger partial charge in [-0.25, -0.2) is 4.79 Å². The lowest BCUT2D eigenvalue weighted by atomic mass is 10.0. The van der Waals surface area contributed by atoms with Crippen molar-refractivity contribution in [2.24, 2.45) is 0 Å². The third-order valence-electron chi connectivity index (χ3n) is 5.81. The molecule has 0 aromatic heterocycles. The number of piperidine rings is 1. The molecule has 2 aliphatic rings. The highest BCUT2D eigenvalue weighted by atomic mass is 16.7. The molecular formula is C23H28N2O3. The molecule has 0 amide bonds. The second-order valence-electron chi connectivity index (χ2n) is 7.71. The minimum Gasteiger partial charge on any atom is -0.450 e. The second kappa shape index (κ2) is 8.65. The standard InChI is InChI=1S/C23H28N2O3/c26-23(27)28-20-9-5-14-24(17-20)15-6-16-25-21-10-3-1-7-18(21)12-13-19-8-2-4-11-22(19)25/h1-4,7-8,10-11,20H,5-6,9,12-17H2,(H,26,27)/t20-/m1/s1. The molecule has 4 rings (SSSR count). The summed E-state index contributed by atoms with van der Waals surface area (Å²) in [7, 11) is 0. The van der Waals surface area contributed by atoms with Gasteiger partial charge < -0.3 is 14.7 Å². The molecule has 0 saturated carbocycles. The highest BCUT2D eigenvalue weighted by Crippen LogP contribution is 2.35. The van der Waals surface area contributed by atoms with Crippen molar-refractivity contribution in [1.29, 1.82) is 0 Å². The maximum absolute atomic E-state index is 10.8. The molecule has 1 fully saturated rings. The molecule has 0 spiro atoms. The largest absolute Gasteiger partial charge is 0.506 e. The Hall–Kier alpha value is -2.53. The third kappa shape index (κ3) is 4.30. The summed E-state index contributed by atoms with van der Waals surface area (Å²) in [5, 5.41) is 8.86. The average Bonchev–Trinajstić information content (AvgIpc) is 2.85. The van der Waals surface area contributed by atoms with Crippen LogP contribution in [-0.4, -0.2) is 48.4 Å². The second-order valence-corrected chi connectivity index (χ2v) is 7.71. The van der Waals surface area contributed by atoms with Crippen LogP contribution < -0.4 is 4.90 Å². The predicted molar refractivity (Wildman–Crippen MR) is 110 cm³/mol. The van der Waals surface area contributed by atoms with E-state index < -0.39 is 6.16 Å². The number of anilines is 2. The van der Waals surface area contributed by atoms with Gasteiger partial charge in [-0.05, 0) is 68.5 Å². The van der Waals surface area contributed by atoms with E-state index in [1.54, 1.807) is 0 Å². The molecule has 0 aliphatic carbocycles. The molecule has 0 radical (unpaired) electrons. The number of rotatable bonds is 5. The van der Waals surface area contributed by atoms with Gasteiger partial charge in [-0.1, -0.05) is 36.4 Å². The van der Waals surface area contributed by atoms with Gasteiger partial charge in [0.25, 0.3) is 0 Å². The van der Waals surface area contributed by atoms with E-state index in [1.165, 1.54) is 22.5 Å². The fraction of sp³-hybridized carbons (Fsp3) is 0.435. The van der Waals surface area contributed by atoms with E-state index in [0.29, 0.717) is 6.54 Å². The van der Waals surface area contributed by atoms with Gasteiger partial charge >= 0.3 is 6.16 Å². The first-order valence-corrected chi connectivity index (χ1v) is 10.3. The number of carboxylic acid groups (broad SMARTS) is 1. The highest BCUT2D eigenvalue weighted by Gasteiger charge is 2.24. The number of nitrogens with zero attached hydrogens (tertiary/aromatic N) is 2. The van der Waals surface area contributed by atoms with E-state index in [-0.39, 0.29) is 6.10 Å². The topological polar surface area (TPSA) is 53.0 Å². The fourth-order valence-corrected chi connectivity index (χ4v) is 4.52. The van der Waals surface area contributed by atoms with Crippen molar-refractivity contribution in [2.45, 2.75) is 38.2 Å². The molecule has 1 atom stereocenters. The maximum Gasteiger partial charge on any atom is 0.506 e. The van der Waals surface area contributed by atoms with Gasteiger partial charge in [0.2, 0.25) is 0 Å². The van der Waals surface area contributed by atoms with Crippen LogP contribution in [0.3, 0.4) is 0 Å². The summed E-state index contributed by atoms with van der Waals surface area (Å²) in [6, 6.07) is 17.5. The fourth-order valence-electron chi connectivity index (χ4n) is 4.52. The molecule has 5 nitrogen and oxygen atoms in total. The van der Waals surface area contributed by atoms with E-state index in [0.717, 1.165) is 51.7 Å². The first-order chi connectivity index (χ1) is 13.7. The van der Waals surface area contributed by atoms with Crippen LogP contribution in [0, 0.1) is 0 Å². The summed E-state index contributed by atoms with van der Waals surface area (Å²) >= 11 is 0. The van der Waals surface area contributed by atoms with Crippen molar-refractivity contribution in [3.8, 4) is 0 Å². The highest BCUT2D eigenvalue weighted by molar-refractivity contribution is 5.71. The smallest absolute Gasteiger partial charge is 0.450 e. The molecule has 2 heterocycles. The number of benzene rings is 2. The van der Waals surface area contributed by atoms with Crippen LogP contribution in [0.5, 0.6) is 0 Å². The molecule has 1 N–H and O–H groups in total. The van der Waals surface area contributed by atoms with Crippen LogP contribution in [0.25, 0.3) is 0 Å². The monoisotopic (exact) mass is 380 g/mol. The Labute approximate surface area is 166 Å². The molecule has 1 saturated heterocycles. The summed E-state index contributed by atoms with van der Waals surface area (Å²) in [6.07, 6.45) is 3.65. The van der Waals surface area contributed by atoms with Crippen LogP contribution in [-0.2, 0) is 17.6 Å². The van der Waals surface area contributed by atoms with Crippen LogP contribution in [0.4, 0.5) is 16.2 Å². The van der Waals surface area contributed by atoms with Crippen molar-refractivity contribution in [1.82, 2.24) is 4.90 Å². The van der Waals surface area contributed by atoms with Crippen molar-refractivity contribution in [3.63, 3.8) is 0 Å². The SMILES string of the molecule is O=C(O)O[C@@H]1CCCN(CCCN2c3ccccc3CCc3ccccc32)C1. The number of para-hydroxylation sites is 2. The number of likely N-dealkylation sites (tertiary alicyclic amines) is 1. The number of fused-ring (bicyclic) bond motifs is 2. The summed E-state index contributed by atoms with van der Waals surface area (Å²) in [5.74, 6) is 0. The molecule has 2 aliphatic heterocycles. The van der Waals surface area contributed by atoms with Crippen molar-refractivity contribution >= 4 is 17.5 Å². The van der Waals surface area contributed by atoms with E-state index >= 15 is 0 Å². The Kier molecular flexibility index (Phi) is 5.81. The molecule has 28 heavy (non-hydrogen) atoms. The maximum atomic E-state index is 10.8. The molecular weight excluding hydrogens is 352 g/mol. The van der Waals surface area contributed by atoms with E-state index in [4.69, 9.17) is 9.84 Å². The zero-order valence-corrected chi connectivity index (χ0v) is 16.2. The van der Waals surface area contributed by atoms with Gasteiger partial charge in [-0.3, -0.25) is 4.90 Å². The number of aryl methyl sites for hydroxylation is 2. The third-order valence-corrected chi connectivity index (χ3v) is 5.81. The minimum absolute atomic E-state index is 0.189. The van der Waals surface area contributed by atoms with Crippen molar-refractivity contribution < 1.29 is 14.6 Å². The quantitative estimate of drug-likeness (QED) is 0.776. The Bertz CT molecular complexity index is 775. The van der Waals surface area contributed by atoms with Gasteiger partial charge in [-0.2, -0.15) is 0 Å². The number of hydrogen-bond donors (Lipinski definition) is 1. The summed E-state index contributed by atoms with van der Waals surface area (Å²) < 4.78 is 4.99. The van der Waals surface area contributed by atoms with Crippen LogP contribution >= 0.6 is 0 Å². The Morgan fingerprint density at radius 3 is 2.29 bits per heavy atom. The molecule has 0 unspecified atom stereocenters. The predicted octanol–water partition coefficient (Wildman–Crippen LogP) is 4.47. The first-order valence-electron chi connectivity index (χ1n) is 10.3. The summed E-state index contributed by atoms with van der Waals surface area (Å²) in [4.78, 5) is 15.6. The molecule has 148 valence electrons. The zero-order chi connectivity index (χ0) is 19.3. The molecule has 2 aromatic rings. The minimum atomic E-state index is -1.16. The van der Waals surface area contributed by atoms with Gasteiger partial charge in [0.05, 0.1) is 0 Å². The van der Waals surface area contributed by atoms with E-state index in [2.05, 4.69) is 58.3 Å². The van der Waals surface area contributed by atoms with Gasteiger partial charge in [0, 0.05) is 24.5 Å². The molecule has 0 bridgehead atoms. The normalized spacial score (nSPS) is 19.4. The van der Waals surface area contributed by atoms with E-state index in [9.17, 15) is 4.79 Å². The van der Waals surface area contributed by atoms with E-state index in [1.807, 2.05) is 0 Å². The summed E-state index contributed by atoms with van der Waals surface area (Å²) in [6.45, 7) is 3.64. The zero-order valence-electron chi connectivity index (χ0n) is 16.2. The Morgan fingerprint density at radius 2 is 1.64 bits per heavy atom. The lowest BCUT2D eigenvalue weighted by molar-refractivity contribution is 0.0135. The number of ether oxygens (including phenoxy) is 1. The number of carbonyl (C=O) groups is 1. The average molecular weight is 380 g/mol. The van der Waals surface area contributed by atoms with Crippen LogP contribution in [0.15, 0.2) is 48.5 Å². The Morgan fingerprint density at radius 1 is 1.00 bits per heavy atom. The van der Waals surface area contributed by atoms with Gasteiger partial charge in [0.15, 0.2) is 0 Å². The van der Waals surface area contributed by atoms with Crippen LogP contribution in [0.2, 0.25) is 0 Å². The van der Waals surface area contributed by atoms with Crippen molar-refractivity contribution in [2.75, 3.05) is 31.1 Å². The lowest BCUT2D eigenvalue weighted by Crippen LogP contribution is -2.41. The van der Waals surface area contributed by atoms with Gasteiger partial charge in [-0.15, -0.1) is 0 Å². The summed E-state index contributed by atoms with van der Waals surface area (Å²) in [5.41, 5.74) is 5.45. The van der Waals surface area contributed by atoms with Crippen molar-refractivity contribution in [3.05, 3.63) is 59.7 Å². The molecule has 5 heteroatoms. The lowest BCUT2D eigenvalue weighted by Gasteiger charge is -2.33. The molecule has 2 aromatic carbocycles. The van der Waals surface area contributed by atoms with Crippen LogP contribution in [0.1, 0.15) is 30.4 Å². The first kappa shape index (κ1) is 18.8. The Balaban J connectivity index is 1.44.